The first-order chi connectivity index (χ1) is 29.9. The predicted molar refractivity (Wildman–Crippen MR) is 256 cm³/mol. The molecule has 346 valence electrons. The molecule has 0 spiro atoms. The van der Waals surface area contributed by atoms with Crippen LogP contribution in [-0.4, -0.2) is 111 Å². The molecule has 0 aromatic heterocycles. The smallest absolute Gasteiger partial charge is 0.338 e. The fourth-order valence-electron chi connectivity index (χ4n) is 6.88. The quantitative estimate of drug-likeness (QED) is 0.0475. The number of aryl methyl sites for hydroxylation is 2. The number of likely N-dealkylation sites (tertiary alicyclic amines) is 1. The molecule has 1 heterocycles. The summed E-state index contributed by atoms with van der Waals surface area (Å²) in [4.78, 5) is 43.1. The number of rotatable bonds is 23. The van der Waals surface area contributed by atoms with Gasteiger partial charge in [-0.3, -0.25) is 9.69 Å². The normalized spacial score (nSPS) is 13.7. The van der Waals surface area contributed by atoms with Gasteiger partial charge in [-0.1, -0.05) is 78.5 Å². The summed E-state index contributed by atoms with van der Waals surface area (Å²) in [7, 11) is 2.04. The summed E-state index contributed by atoms with van der Waals surface area (Å²) in [5.74, 6) is 0.0717. The molecular formula is C50H80N6O6. The number of nitrogen functional groups attached to an aromatic ring is 2. The van der Waals surface area contributed by atoms with Crippen molar-refractivity contribution in [3.05, 3.63) is 82.9 Å². The molecule has 1 aliphatic heterocycles. The second kappa shape index (κ2) is 31.2. The van der Waals surface area contributed by atoms with Crippen molar-refractivity contribution < 1.29 is 28.6 Å². The van der Waals surface area contributed by atoms with Crippen LogP contribution in [0.1, 0.15) is 131 Å². The number of esters is 2. The lowest BCUT2D eigenvalue weighted by molar-refractivity contribution is -0.121. The number of para-hydroxylation sites is 1. The molecule has 0 radical (unpaired) electrons. The van der Waals surface area contributed by atoms with Gasteiger partial charge in [0.05, 0.1) is 36.1 Å². The fourth-order valence-corrected chi connectivity index (χ4v) is 6.88. The Morgan fingerprint density at radius 1 is 0.694 bits per heavy atom. The highest BCUT2D eigenvalue weighted by atomic mass is 16.5. The Bertz CT molecular complexity index is 1690. The third-order valence-corrected chi connectivity index (χ3v) is 11.0. The highest BCUT2D eigenvalue weighted by molar-refractivity contribution is 5.96. The molecule has 3 aromatic carbocycles. The first kappa shape index (κ1) is 53.5. The minimum Gasteiger partial charge on any atom is -0.491 e. The minimum atomic E-state index is -0.340. The van der Waals surface area contributed by atoms with E-state index in [1.807, 2.05) is 39.1 Å². The molecule has 1 amide bonds. The van der Waals surface area contributed by atoms with Gasteiger partial charge in [-0.05, 0) is 146 Å². The molecule has 62 heavy (non-hydrogen) atoms. The van der Waals surface area contributed by atoms with E-state index in [0.29, 0.717) is 48.1 Å². The molecule has 0 bridgehead atoms. The molecule has 12 heteroatoms. The van der Waals surface area contributed by atoms with Gasteiger partial charge in [-0.25, -0.2) is 9.59 Å². The van der Waals surface area contributed by atoms with Crippen LogP contribution < -0.4 is 21.5 Å². The lowest BCUT2D eigenvalue weighted by Crippen LogP contribution is -2.44. The largest absolute Gasteiger partial charge is 0.491 e. The number of hydrogen-bond donors (Lipinski definition) is 3. The number of likely N-dealkylation sites (N-methyl/N-ethyl adjacent to an activating group) is 2. The zero-order valence-electron chi connectivity index (χ0n) is 39.4. The molecule has 4 rings (SSSR count). The number of unbranched alkanes of at least 4 members (excludes halogenated alkanes) is 3. The topological polar surface area (TPSA) is 153 Å². The van der Waals surface area contributed by atoms with Crippen molar-refractivity contribution in [1.29, 1.82) is 0 Å². The Hall–Kier alpha value is -4.65. The van der Waals surface area contributed by atoms with E-state index in [4.69, 9.17) is 25.7 Å². The van der Waals surface area contributed by atoms with E-state index in [1.54, 1.807) is 42.5 Å². The van der Waals surface area contributed by atoms with Gasteiger partial charge < -0.3 is 40.8 Å². The van der Waals surface area contributed by atoms with E-state index in [2.05, 4.69) is 54.6 Å². The monoisotopic (exact) mass is 861 g/mol. The van der Waals surface area contributed by atoms with Gasteiger partial charge in [-0.2, -0.15) is 0 Å². The first-order valence-electron chi connectivity index (χ1n) is 23.1. The fraction of sp³-hybridized carbons (Fsp3) is 0.580. The Kier molecular flexibility index (Phi) is 26.9. The number of ether oxygens (including phenoxy) is 3. The van der Waals surface area contributed by atoms with Crippen molar-refractivity contribution in [2.24, 2.45) is 0 Å². The maximum Gasteiger partial charge on any atom is 0.338 e. The van der Waals surface area contributed by atoms with Gasteiger partial charge >= 0.3 is 11.9 Å². The number of carbonyl (C=O) groups is 3. The number of nitrogens with two attached hydrogens (primary N) is 2. The SMILES string of the molecule is CCCCN(CCCC)CCCOC(=O)c1ccc(N)cc1.CCCCOc1cc(C(=O)OCCN(CC)CC)ccc1N.Cc1cccc(C)c1NC(=O)C1CCCCN1C. The van der Waals surface area contributed by atoms with Crippen LogP contribution in [0, 0.1) is 13.8 Å². The Labute approximate surface area is 374 Å². The van der Waals surface area contributed by atoms with Crippen LogP contribution in [0.15, 0.2) is 60.7 Å². The van der Waals surface area contributed by atoms with Crippen LogP contribution in [0.5, 0.6) is 5.75 Å². The van der Waals surface area contributed by atoms with Crippen LogP contribution in [-0.2, 0) is 14.3 Å². The first-order valence-corrected chi connectivity index (χ1v) is 23.1. The molecule has 1 saturated heterocycles. The molecule has 3 aromatic rings. The zero-order valence-corrected chi connectivity index (χ0v) is 39.4. The van der Waals surface area contributed by atoms with Gasteiger partial charge in [0.2, 0.25) is 5.91 Å². The molecule has 0 aliphatic carbocycles. The van der Waals surface area contributed by atoms with Crippen molar-refractivity contribution in [3.8, 4) is 5.75 Å². The van der Waals surface area contributed by atoms with Crippen LogP contribution in [0.3, 0.4) is 0 Å². The summed E-state index contributed by atoms with van der Waals surface area (Å²) in [6, 6.07) is 18.0. The van der Waals surface area contributed by atoms with Gasteiger partial charge in [-0.15, -0.1) is 0 Å². The van der Waals surface area contributed by atoms with Crippen LogP contribution >= 0.6 is 0 Å². The molecule has 0 saturated carbocycles. The maximum atomic E-state index is 12.3. The van der Waals surface area contributed by atoms with Crippen molar-refractivity contribution in [1.82, 2.24) is 14.7 Å². The third-order valence-electron chi connectivity index (χ3n) is 11.0. The van der Waals surface area contributed by atoms with Crippen molar-refractivity contribution in [3.63, 3.8) is 0 Å². The molecule has 1 fully saturated rings. The number of piperidine rings is 1. The van der Waals surface area contributed by atoms with Gasteiger partial charge in [0, 0.05) is 24.5 Å². The highest BCUT2D eigenvalue weighted by Crippen LogP contribution is 2.24. The number of hydrogen-bond acceptors (Lipinski definition) is 11. The Balaban J connectivity index is 0.000000322. The standard InChI is InChI=1S/C18H30N2O2.C17H28N2O3.C15H22N2O/c1-3-5-12-20(13-6-4-2)14-7-15-22-18(21)16-8-10-17(19)11-9-16;1-4-7-11-21-16-13-14(8-9-15(16)18)17(20)22-12-10-19(5-2)6-3;1-11-7-6-8-12(2)14(11)16-15(18)13-9-4-5-10-17(13)3/h8-11H,3-7,12-15,19H2,1-2H3;8-9,13H,4-7,10-12,18H2,1-3H3;6-8,13H,4-5,9-10H2,1-3H3,(H,16,18). The number of carbonyl (C=O) groups excluding carboxylic acids is 3. The van der Waals surface area contributed by atoms with Crippen molar-refractivity contribution in [2.45, 2.75) is 119 Å². The molecule has 5 N–H and O–H groups in total. The predicted octanol–water partition coefficient (Wildman–Crippen LogP) is 9.39. The van der Waals surface area contributed by atoms with Crippen molar-refractivity contribution in [2.75, 3.05) is 89.5 Å². The average molecular weight is 861 g/mol. The van der Waals surface area contributed by atoms with E-state index >= 15 is 0 Å². The molecular weight excluding hydrogens is 781 g/mol. The lowest BCUT2D eigenvalue weighted by atomic mass is 10.0. The second-order valence-electron chi connectivity index (χ2n) is 16.0. The Morgan fingerprint density at radius 2 is 1.27 bits per heavy atom. The number of benzene rings is 3. The van der Waals surface area contributed by atoms with Gasteiger partial charge in [0.1, 0.15) is 12.4 Å². The molecule has 1 aliphatic rings. The maximum absolute atomic E-state index is 12.3. The van der Waals surface area contributed by atoms with E-state index < -0.39 is 0 Å². The van der Waals surface area contributed by atoms with Gasteiger partial charge in [0.25, 0.3) is 0 Å². The number of nitrogens with zero attached hydrogens (tertiary/aromatic N) is 3. The van der Waals surface area contributed by atoms with Crippen LogP contribution in [0.2, 0.25) is 0 Å². The summed E-state index contributed by atoms with van der Waals surface area (Å²) < 4.78 is 16.2. The zero-order chi connectivity index (χ0) is 45.7. The average Bonchev–Trinajstić information content (AvgIpc) is 3.27. The molecule has 1 atom stereocenters. The summed E-state index contributed by atoms with van der Waals surface area (Å²) in [6.07, 6.45) is 11.1. The summed E-state index contributed by atoms with van der Waals surface area (Å²) in [6.45, 7) is 23.2. The Morgan fingerprint density at radius 3 is 1.87 bits per heavy atom. The minimum absolute atomic E-state index is 0.0257. The number of anilines is 3. The number of nitrogens with one attached hydrogen (secondary N) is 1. The second-order valence-corrected chi connectivity index (χ2v) is 16.0. The highest BCUT2D eigenvalue weighted by Gasteiger charge is 2.26. The van der Waals surface area contributed by atoms with E-state index in [-0.39, 0.29) is 23.9 Å². The number of amides is 1. The van der Waals surface area contributed by atoms with E-state index in [0.717, 1.165) is 94.7 Å². The van der Waals surface area contributed by atoms with E-state index in [9.17, 15) is 14.4 Å². The molecule has 1 unspecified atom stereocenters. The summed E-state index contributed by atoms with van der Waals surface area (Å²) in [5, 5.41) is 3.10. The van der Waals surface area contributed by atoms with Crippen molar-refractivity contribution >= 4 is 34.9 Å². The van der Waals surface area contributed by atoms with Crippen LogP contribution in [0.25, 0.3) is 0 Å². The summed E-state index contributed by atoms with van der Waals surface area (Å²) in [5.41, 5.74) is 16.9. The molecule has 12 nitrogen and oxygen atoms in total. The van der Waals surface area contributed by atoms with E-state index in [1.165, 1.54) is 32.1 Å². The lowest BCUT2D eigenvalue weighted by Gasteiger charge is -2.31. The third kappa shape index (κ3) is 20.5. The van der Waals surface area contributed by atoms with Gasteiger partial charge in [0.15, 0.2) is 0 Å². The van der Waals surface area contributed by atoms with Crippen LogP contribution in [0.4, 0.5) is 17.1 Å². The summed E-state index contributed by atoms with van der Waals surface area (Å²) >= 11 is 0.